The number of esters is 1. The molecule has 10 heteroatoms. The van der Waals surface area contributed by atoms with E-state index in [0.29, 0.717) is 48.1 Å². The number of hydrogen-bond donors (Lipinski definition) is 1. The molecule has 0 saturated heterocycles. The van der Waals surface area contributed by atoms with Crippen LogP contribution in [0.3, 0.4) is 0 Å². The molecule has 0 aliphatic carbocycles. The Bertz CT molecular complexity index is 1070. The summed E-state index contributed by atoms with van der Waals surface area (Å²) in [7, 11) is -2.28. The average molecular weight is 448 g/mol. The van der Waals surface area contributed by atoms with E-state index in [1.807, 2.05) is 0 Å². The van der Waals surface area contributed by atoms with Gasteiger partial charge in [-0.2, -0.15) is 0 Å². The van der Waals surface area contributed by atoms with Crippen LogP contribution in [-0.4, -0.2) is 53.4 Å². The van der Waals surface area contributed by atoms with Crippen molar-refractivity contribution >= 4 is 33.3 Å². The molecule has 0 spiro atoms. The lowest BCUT2D eigenvalue weighted by Crippen LogP contribution is -2.31. The maximum atomic E-state index is 12.3. The minimum absolute atomic E-state index is 0.0963. The molecule has 166 valence electrons. The van der Waals surface area contributed by atoms with Crippen LogP contribution >= 0.6 is 0 Å². The number of carbonyl (C=O) groups excluding carboxylic acids is 2. The third-order valence-corrected chi connectivity index (χ3v) is 5.74. The number of sulfonamides is 1. The van der Waals surface area contributed by atoms with Gasteiger partial charge in [0.15, 0.2) is 11.5 Å². The first-order valence-corrected chi connectivity index (χ1v) is 11.5. The number of carbonyl (C=O) groups is 2. The second kappa shape index (κ2) is 9.69. The molecule has 1 aliphatic heterocycles. The number of rotatable bonds is 8. The molecule has 0 aromatic heterocycles. The van der Waals surface area contributed by atoms with E-state index in [4.69, 9.17) is 9.47 Å². The average Bonchev–Trinajstić information content (AvgIpc) is 2.75. The molecule has 1 heterocycles. The Balaban J connectivity index is 1.61. The van der Waals surface area contributed by atoms with Gasteiger partial charge in [-0.3, -0.25) is 9.10 Å². The molecule has 1 amide bonds. The van der Waals surface area contributed by atoms with E-state index in [9.17, 15) is 18.0 Å². The summed E-state index contributed by atoms with van der Waals surface area (Å²) in [6.45, 7) is 0.959. The largest absolute Gasteiger partial charge is 0.486 e. The van der Waals surface area contributed by atoms with E-state index >= 15 is 0 Å². The van der Waals surface area contributed by atoms with Crippen LogP contribution in [0, 0.1) is 0 Å². The van der Waals surface area contributed by atoms with E-state index < -0.39 is 16.0 Å². The van der Waals surface area contributed by atoms with Gasteiger partial charge < -0.3 is 19.5 Å². The molecule has 3 rings (SSSR count). The van der Waals surface area contributed by atoms with Crippen molar-refractivity contribution in [2.45, 2.75) is 12.8 Å². The summed E-state index contributed by atoms with van der Waals surface area (Å²) >= 11 is 0. The van der Waals surface area contributed by atoms with Gasteiger partial charge in [-0.25, -0.2) is 13.2 Å². The molecule has 0 saturated carbocycles. The molecule has 31 heavy (non-hydrogen) atoms. The second-order valence-electron chi connectivity index (χ2n) is 6.89. The molecule has 9 nitrogen and oxygen atoms in total. The Kier molecular flexibility index (Phi) is 7.01. The van der Waals surface area contributed by atoms with Gasteiger partial charge in [0.2, 0.25) is 15.9 Å². The highest BCUT2D eigenvalue weighted by atomic mass is 32.2. The fourth-order valence-corrected chi connectivity index (χ4v) is 4.08. The van der Waals surface area contributed by atoms with Crippen LogP contribution < -0.4 is 19.1 Å². The summed E-state index contributed by atoms with van der Waals surface area (Å²) in [4.78, 5) is 23.9. The zero-order valence-corrected chi connectivity index (χ0v) is 18.1. The predicted molar refractivity (Wildman–Crippen MR) is 115 cm³/mol. The number of nitrogens with zero attached hydrogens (tertiary/aromatic N) is 1. The molecule has 0 unspecified atom stereocenters. The number of anilines is 2. The lowest BCUT2D eigenvalue weighted by atomic mass is 10.2. The van der Waals surface area contributed by atoms with E-state index in [-0.39, 0.29) is 18.9 Å². The Morgan fingerprint density at radius 3 is 2.55 bits per heavy atom. The van der Waals surface area contributed by atoms with Gasteiger partial charge in [0.1, 0.15) is 13.2 Å². The summed E-state index contributed by atoms with van der Waals surface area (Å²) in [6, 6.07) is 11.3. The number of methoxy groups -OCH3 is 1. The van der Waals surface area contributed by atoms with Crippen molar-refractivity contribution in [1.82, 2.24) is 0 Å². The number of fused-ring (bicyclic) bond motifs is 1. The first-order chi connectivity index (χ1) is 14.8. The maximum absolute atomic E-state index is 12.3. The van der Waals surface area contributed by atoms with Crippen molar-refractivity contribution in [3.8, 4) is 11.5 Å². The summed E-state index contributed by atoms with van der Waals surface area (Å²) in [5.74, 6) is 0.259. The normalized spacial score (nSPS) is 12.7. The van der Waals surface area contributed by atoms with E-state index in [0.717, 1.165) is 6.26 Å². The molecule has 0 atom stereocenters. The van der Waals surface area contributed by atoms with E-state index in [2.05, 4.69) is 10.1 Å². The molecule has 0 radical (unpaired) electrons. The van der Waals surface area contributed by atoms with Crippen molar-refractivity contribution in [2.75, 3.05) is 42.7 Å². The zero-order chi connectivity index (χ0) is 22.4. The van der Waals surface area contributed by atoms with Crippen LogP contribution in [0.25, 0.3) is 0 Å². The zero-order valence-electron chi connectivity index (χ0n) is 17.3. The van der Waals surface area contributed by atoms with Gasteiger partial charge in [-0.1, -0.05) is 6.07 Å². The lowest BCUT2D eigenvalue weighted by Gasteiger charge is -2.25. The van der Waals surface area contributed by atoms with Crippen molar-refractivity contribution in [2.24, 2.45) is 0 Å². The van der Waals surface area contributed by atoms with E-state index in [1.54, 1.807) is 36.4 Å². The number of amides is 1. The minimum Gasteiger partial charge on any atom is -0.486 e. The Labute approximate surface area is 181 Å². The van der Waals surface area contributed by atoms with Crippen molar-refractivity contribution in [1.29, 1.82) is 0 Å². The second-order valence-corrected chi connectivity index (χ2v) is 8.79. The van der Waals surface area contributed by atoms with Gasteiger partial charge in [0, 0.05) is 24.7 Å². The van der Waals surface area contributed by atoms with Crippen LogP contribution in [0.5, 0.6) is 11.5 Å². The van der Waals surface area contributed by atoms with Crippen molar-refractivity contribution < 1.29 is 32.2 Å². The van der Waals surface area contributed by atoms with Gasteiger partial charge in [-0.15, -0.1) is 0 Å². The van der Waals surface area contributed by atoms with Crippen molar-refractivity contribution in [3.63, 3.8) is 0 Å². The predicted octanol–water partition coefficient (Wildman–Crippen LogP) is 2.43. The van der Waals surface area contributed by atoms with Gasteiger partial charge in [-0.05, 0) is 36.8 Å². The summed E-state index contributed by atoms with van der Waals surface area (Å²) < 4.78 is 41.5. The van der Waals surface area contributed by atoms with E-state index in [1.165, 1.54) is 17.5 Å². The highest BCUT2D eigenvalue weighted by Gasteiger charge is 2.21. The van der Waals surface area contributed by atoms with Crippen LogP contribution in [-0.2, 0) is 19.6 Å². The molecular formula is C21H24N2O7S. The Morgan fingerprint density at radius 1 is 1.10 bits per heavy atom. The Morgan fingerprint density at radius 2 is 1.84 bits per heavy atom. The summed E-state index contributed by atoms with van der Waals surface area (Å²) in [5, 5.41) is 2.70. The molecule has 2 aromatic carbocycles. The third-order valence-electron chi connectivity index (χ3n) is 4.55. The highest BCUT2D eigenvalue weighted by molar-refractivity contribution is 7.92. The monoisotopic (exact) mass is 448 g/mol. The first kappa shape index (κ1) is 22.4. The van der Waals surface area contributed by atoms with Gasteiger partial charge >= 0.3 is 5.97 Å². The summed E-state index contributed by atoms with van der Waals surface area (Å²) in [5.41, 5.74) is 1.22. The van der Waals surface area contributed by atoms with Crippen LogP contribution in [0.15, 0.2) is 42.5 Å². The molecule has 0 bridgehead atoms. The Hall–Kier alpha value is -3.27. The molecule has 0 fully saturated rings. The third kappa shape index (κ3) is 5.88. The van der Waals surface area contributed by atoms with Crippen molar-refractivity contribution in [3.05, 3.63) is 48.0 Å². The number of ether oxygens (including phenoxy) is 3. The fourth-order valence-electron chi connectivity index (χ4n) is 3.12. The number of hydrogen-bond acceptors (Lipinski definition) is 7. The quantitative estimate of drug-likeness (QED) is 0.618. The lowest BCUT2D eigenvalue weighted by molar-refractivity contribution is -0.116. The maximum Gasteiger partial charge on any atom is 0.337 e. The van der Waals surface area contributed by atoms with Crippen LogP contribution in [0.2, 0.25) is 0 Å². The fraction of sp³-hybridized carbons (Fsp3) is 0.333. The standard InChI is InChI=1S/C21H24N2O7S/c1-28-21(25)15-5-3-6-16(13-15)22-20(24)7-4-10-23(31(2,26)27)17-8-9-18-19(14-17)30-12-11-29-18/h3,5-6,8-9,13-14H,4,7,10-12H2,1-2H3,(H,22,24). The van der Waals surface area contributed by atoms with Gasteiger partial charge in [0.25, 0.3) is 0 Å². The topological polar surface area (TPSA) is 111 Å². The molecular weight excluding hydrogens is 424 g/mol. The summed E-state index contributed by atoms with van der Waals surface area (Å²) in [6.07, 6.45) is 1.51. The number of benzene rings is 2. The molecule has 1 aliphatic rings. The smallest absolute Gasteiger partial charge is 0.337 e. The minimum atomic E-state index is -3.57. The number of nitrogens with one attached hydrogen (secondary N) is 1. The van der Waals surface area contributed by atoms with Crippen LogP contribution in [0.1, 0.15) is 23.2 Å². The highest BCUT2D eigenvalue weighted by Crippen LogP contribution is 2.34. The molecule has 2 aromatic rings. The first-order valence-electron chi connectivity index (χ1n) is 9.63. The molecule has 1 N–H and O–H groups in total. The van der Waals surface area contributed by atoms with Crippen LogP contribution in [0.4, 0.5) is 11.4 Å². The van der Waals surface area contributed by atoms with Gasteiger partial charge in [0.05, 0.1) is 24.6 Å². The SMILES string of the molecule is COC(=O)c1cccc(NC(=O)CCCN(c2ccc3c(c2)OCCO3)S(C)(=O)=O)c1.